The maximum Gasteiger partial charge on any atom is 0.0413 e. The zero-order chi connectivity index (χ0) is 12.8. The van der Waals surface area contributed by atoms with Crippen molar-refractivity contribution in [2.45, 2.75) is 45.7 Å². The Labute approximate surface area is 110 Å². The van der Waals surface area contributed by atoms with Crippen molar-refractivity contribution in [2.24, 2.45) is 11.7 Å². The highest BCUT2D eigenvalue weighted by Crippen LogP contribution is 2.28. The number of rotatable bonds is 7. The van der Waals surface area contributed by atoms with Gasteiger partial charge in [-0.15, -0.1) is 11.3 Å². The van der Waals surface area contributed by atoms with Gasteiger partial charge in [0, 0.05) is 23.5 Å². The van der Waals surface area contributed by atoms with Gasteiger partial charge in [-0.05, 0) is 31.3 Å². The topological polar surface area (TPSA) is 29.3 Å². The molecule has 0 amide bonds. The van der Waals surface area contributed by atoms with Crippen LogP contribution in [0.15, 0.2) is 17.5 Å². The van der Waals surface area contributed by atoms with Gasteiger partial charge in [-0.3, -0.25) is 4.90 Å². The van der Waals surface area contributed by atoms with Crippen LogP contribution in [0.5, 0.6) is 0 Å². The largest absolute Gasteiger partial charge is 0.329 e. The zero-order valence-corrected chi connectivity index (χ0v) is 12.3. The Hall–Kier alpha value is -0.380. The zero-order valence-electron chi connectivity index (χ0n) is 11.5. The van der Waals surface area contributed by atoms with E-state index in [0.717, 1.165) is 6.54 Å². The van der Waals surface area contributed by atoms with Crippen molar-refractivity contribution in [1.82, 2.24) is 4.90 Å². The van der Waals surface area contributed by atoms with Crippen molar-refractivity contribution in [3.05, 3.63) is 22.4 Å². The molecule has 2 atom stereocenters. The standard InChI is InChI=1S/C14H26N2S/c1-5-12(6-2)13(10-15)16(4)11(3)14-8-7-9-17-14/h7-9,11-13H,5-6,10,15H2,1-4H3. The lowest BCUT2D eigenvalue weighted by molar-refractivity contribution is 0.132. The van der Waals surface area contributed by atoms with Crippen LogP contribution in [0.25, 0.3) is 0 Å². The number of nitrogens with zero attached hydrogens (tertiary/aromatic N) is 1. The molecule has 17 heavy (non-hydrogen) atoms. The van der Waals surface area contributed by atoms with E-state index in [0.29, 0.717) is 18.0 Å². The van der Waals surface area contributed by atoms with E-state index in [-0.39, 0.29) is 0 Å². The average molecular weight is 254 g/mol. The Morgan fingerprint density at radius 3 is 2.41 bits per heavy atom. The summed E-state index contributed by atoms with van der Waals surface area (Å²) in [6.07, 6.45) is 2.42. The van der Waals surface area contributed by atoms with Crippen LogP contribution in [0.1, 0.15) is 44.5 Å². The van der Waals surface area contributed by atoms with Gasteiger partial charge in [-0.1, -0.05) is 32.8 Å². The minimum Gasteiger partial charge on any atom is -0.329 e. The summed E-state index contributed by atoms with van der Waals surface area (Å²) in [6.45, 7) is 7.55. The smallest absolute Gasteiger partial charge is 0.0413 e. The van der Waals surface area contributed by atoms with Crippen LogP contribution in [0.2, 0.25) is 0 Å². The highest BCUT2D eigenvalue weighted by atomic mass is 32.1. The molecule has 0 spiro atoms. The number of thiophene rings is 1. The number of hydrogen-bond donors (Lipinski definition) is 1. The van der Waals surface area contributed by atoms with E-state index in [1.54, 1.807) is 0 Å². The lowest BCUT2D eigenvalue weighted by Gasteiger charge is -2.36. The highest BCUT2D eigenvalue weighted by molar-refractivity contribution is 7.10. The van der Waals surface area contributed by atoms with Crippen molar-refractivity contribution < 1.29 is 0 Å². The van der Waals surface area contributed by atoms with Gasteiger partial charge in [-0.2, -0.15) is 0 Å². The Balaban J connectivity index is 2.74. The molecule has 0 radical (unpaired) electrons. The molecule has 2 nitrogen and oxygen atoms in total. The number of hydrogen-bond acceptors (Lipinski definition) is 3. The van der Waals surface area contributed by atoms with E-state index in [4.69, 9.17) is 5.73 Å². The van der Waals surface area contributed by atoms with Gasteiger partial charge in [0.1, 0.15) is 0 Å². The molecule has 0 saturated heterocycles. The third kappa shape index (κ3) is 3.54. The van der Waals surface area contributed by atoms with Crippen molar-refractivity contribution in [1.29, 1.82) is 0 Å². The molecule has 98 valence electrons. The van der Waals surface area contributed by atoms with Crippen LogP contribution in [0, 0.1) is 5.92 Å². The fourth-order valence-electron chi connectivity index (χ4n) is 2.54. The second-order valence-corrected chi connectivity index (χ2v) is 5.72. The molecule has 0 fully saturated rings. The summed E-state index contributed by atoms with van der Waals surface area (Å²) >= 11 is 1.83. The van der Waals surface area contributed by atoms with Gasteiger partial charge in [0.25, 0.3) is 0 Å². The second-order valence-electron chi connectivity index (χ2n) is 4.74. The van der Waals surface area contributed by atoms with Gasteiger partial charge in [0.2, 0.25) is 0 Å². The van der Waals surface area contributed by atoms with Gasteiger partial charge in [0.15, 0.2) is 0 Å². The molecule has 0 aliphatic rings. The quantitative estimate of drug-likeness (QED) is 0.807. The fourth-order valence-corrected chi connectivity index (χ4v) is 3.38. The third-order valence-corrected chi connectivity index (χ3v) is 4.97. The van der Waals surface area contributed by atoms with Gasteiger partial charge >= 0.3 is 0 Å². The summed E-state index contributed by atoms with van der Waals surface area (Å²) in [4.78, 5) is 3.88. The molecule has 0 aromatic carbocycles. The first-order valence-corrected chi connectivity index (χ1v) is 7.48. The van der Waals surface area contributed by atoms with Crippen molar-refractivity contribution >= 4 is 11.3 Å². The van der Waals surface area contributed by atoms with Crippen LogP contribution >= 0.6 is 11.3 Å². The molecule has 2 N–H and O–H groups in total. The summed E-state index contributed by atoms with van der Waals surface area (Å²) in [5.74, 6) is 0.701. The predicted molar refractivity (Wildman–Crippen MR) is 77.4 cm³/mol. The van der Waals surface area contributed by atoms with Crippen molar-refractivity contribution in [3.8, 4) is 0 Å². The molecule has 1 aromatic heterocycles. The van der Waals surface area contributed by atoms with E-state index in [2.05, 4.69) is 50.2 Å². The van der Waals surface area contributed by atoms with Gasteiger partial charge in [0.05, 0.1) is 0 Å². The van der Waals surface area contributed by atoms with E-state index >= 15 is 0 Å². The molecule has 0 aliphatic carbocycles. The maximum absolute atomic E-state index is 5.98. The summed E-state index contributed by atoms with van der Waals surface area (Å²) in [5.41, 5.74) is 5.98. The molecule has 0 saturated carbocycles. The fraction of sp³-hybridized carbons (Fsp3) is 0.714. The van der Waals surface area contributed by atoms with E-state index in [9.17, 15) is 0 Å². The van der Waals surface area contributed by atoms with E-state index in [1.165, 1.54) is 17.7 Å². The third-order valence-electron chi connectivity index (χ3n) is 3.92. The molecule has 0 bridgehead atoms. The van der Waals surface area contributed by atoms with Crippen molar-refractivity contribution in [3.63, 3.8) is 0 Å². The van der Waals surface area contributed by atoms with Crippen LogP contribution < -0.4 is 5.73 Å². The summed E-state index contributed by atoms with van der Waals surface area (Å²) < 4.78 is 0. The number of likely N-dealkylation sites (N-methyl/N-ethyl adjacent to an activating group) is 1. The molecule has 1 aromatic rings. The number of nitrogens with two attached hydrogens (primary N) is 1. The minimum atomic E-state index is 0.462. The Kier molecular flexibility index (Phi) is 6.17. The average Bonchev–Trinajstić information content (AvgIpc) is 2.87. The van der Waals surface area contributed by atoms with Crippen LogP contribution in [0.4, 0.5) is 0 Å². The molecular formula is C14H26N2S. The van der Waals surface area contributed by atoms with E-state index < -0.39 is 0 Å². The Morgan fingerprint density at radius 1 is 1.35 bits per heavy atom. The highest BCUT2D eigenvalue weighted by Gasteiger charge is 2.25. The van der Waals surface area contributed by atoms with Crippen LogP contribution in [-0.2, 0) is 0 Å². The summed E-state index contributed by atoms with van der Waals surface area (Å²) in [5, 5.41) is 2.15. The first-order valence-electron chi connectivity index (χ1n) is 6.61. The minimum absolute atomic E-state index is 0.462. The van der Waals surface area contributed by atoms with Crippen LogP contribution in [-0.4, -0.2) is 24.5 Å². The summed E-state index contributed by atoms with van der Waals surface area (Å²) in [7, 11) is 2.21. The molecule has 3 heteroatoms. The van der Waals surface area contributed by atoms with Gasteiger partial charge in [-0.25, -0.2) is 0 Å². The lowest BCUT2D eigenvalue weighted by atomic mass is 9.92. The Bertz CT molecular complexity index is 293. The van der Waals surface area contributed by atoms with Crippen LogP contribution in [0.3, 0.4) is 0 Å². The molecule has 1 heterocycles. The Morgan fingerprint density at radius 2 is 2.00 bits per heavy atom. The lowest BCUT2D eigenvalue weighted by Crippen LogP contribution is -2.44. The maximum atomic E-state index is 5.98. The van der Waals surface area contributed by atoms with E-state index in [1.807, 2.05) is 11.3 Å². The molecule has 2 unspecified atom stereocenters. The first kappa shape index (κ1) is 14.7. The SMILES string of the molecule is CCC(CC)C(CN)N(C)C(C)c1cccs1. The molecule has 0 aliphatic heterocycles. The summed E-state index contributed by atoms with van der Waals surface area (Å²) in [6, 6.07) is 5.29. The van der Waals surface area contributed by atoms with Gasteiger partial charge < -0.3 is 5.73 Å². The predicted octanol–water partition coefficient (Wildman–Crippen LogP) is 3.50. The molecule has 1 rings (SSSR count). The normalized spacial score (nSPS) is 15.5. The first-order chi connectivity index (χ1) is 8.15. The monoisotopic (exact) mass is 254 g/mol. The second kappa shape index (κ2) is 7.14. The van der Waals surface area contributed by atoms with Crippen molar-refractivity contribution in [2.75, 3.05) is 13.6 Å². The molecular weight excluding hydrogens is 228 g/mol.